The van der Waals surface area contributed by atoms with Crippen molar-refractivity contribution in [3.05, 3.63) is 11.6 Å². The van der Waals surface area contributed by atoms with Crippen LogP contribution in [0.3, 0.4) is 0 Å². The Kier molecular flexibility index (Phi) is 4.98. The monoisotopic (exact) mass is 403 g/mol. The van der Waals surface area contributed by atoms with Crippen molar-refractivity contribution in [1.29, 1.82) is 0 Å². The van der Waals surface area contributed by atoms with Crippen LogP contribution in [0.5, 0.6) is 0 Å². The van der Waals surface area contributed by atoms with E-state index >= 15 is 0 Å². The Balaban J connectivity index is 1.37. The predicted molar refractivity (Wildman–Crippen MR) is 106 cm³/mol. The molecule has 0 aliphatic carbocycles. The quantitative estimate of drug-likeness (QED) is 0.661. The van der Waals surface area contributed by atoms with E-state index in [0.29, 0.717) is 29.5 Å². The molecule has 5 heterocycles. The third-order valence-electron chi connectivity index (χ3n) is 8.08. The first kappa shape index (κ1) is 19.6. The van der Waals surface area contributed by atoms with Crippen molar-refractivity contribution >= 4 is 11.9 Å². The first-order valence-corrected chi connectivity index (χ1v) is 11.4. The van der Waals surface area contributed by atoms with Crippen LogP contribution in [-0.4, -0.2) is 59.9 Å². The Hall–Kier alpha value is -1.40. The van der Waals surface area contributed by atoms with E-state index in [1.807, 2.05) is 19.9 Å². The van der Waals surface area contributed by atoms with E-state index in [2.05, 4.69) is 11.8 Å². The zero-order chi connectivity index (χ0) is 20.3. The second kappa shape index (κ2) is 7.38. The van der Waals surface area contributed by atoms with E-state index in [-0.39, 0.29) is 42.3 Å². The molecule has 9 atom stereocenters. The molecule has 0 amide bonds. The maximum Gasteiger partial charge on any atom is 0.334 e. The van der Waals surface area contributed by atoms with Crippen LogP contribution in [0.1, 0.15) is 59.3 Å². The number of carbonyl (C=O) groups excluding carboxylic acids is 2. The molecule has 4 saturated heterocycles. The first-order valence-electron chi connectivity index (χ1n) is 11.4. The molecule has 6 heteroatoms. The van der Waals surface area contributed by atoms with Gasteiger partial charge in [-0.3, -0.25) is 9.69 Å². The summed E-state index contributed by atoms with van der Waals surface area (Å²) in [5.74, 6) is 0.537. The largest absolute Gasteiger partial charge is 0.460 e. The molecule has 5 aliphatic heterocycles. The Morgan fingerprint density at radius 2 is 1.79 bits per heavy atom. The van der Waals surface area contributed by atoms with Gasteiger partial charge in [0.05, 0.1) is 12.0 Å². The Bertz CT molecular complexity index is 720. The standard InChI is InChI=1S/C23H33NO5/c1-12-10-18(28-22(12)25)15-6-4-7-16-20-14(3)21(19-11-13(2)23(26)29-19)27-17(20)8-5-9-24(15)16/h11-12,14-21H,4-10H2,1-3H3. The fraction of sp³-hybridized carbons (Fsp3) is 0.826. The summed E-state index contributed by atoms with van der Waals surface area (Å²) in [5.41, 5.74) is 0.689. The van der Waals surface area contributed by atoms with Crippen LogP contribution < -0.4 is 0 Å². The van der Waals surface area contributed by atoms with E-state index in [0.717, 1.165) is 32.2 Å². The van der Waals surface area contributed by atoms with Gasteiger partial charge in [-0.15, -0.1) is 0 Å². The van der Waals surface area contributed by atoms with E-state index in [1.54, 1.807) is 0 Å². The van der Waals surface area contributed by atoms with E-state index < -0.39 is 0 Å². The third kappa shape index (κ3) is 3.23. The molecular weight excluding hydrogens is 370 g/mol. The van der Waals surface area contributed by atoms with Crippen LogP contribution in [0.15, 0.2) is 11.6 Å². The first-order chi connectivity index (χ1) is 13.9. The van der Waals surface area contributed by atoms with Crippen LogP contribution in [-0.2, 0) is 23.8 Å². The number of ether oxygens (including phenoxy) is 3. The molecule has 0 aromatic heterocycles. The summed E-state index contributed by atoms with van der Waals surface area (Å²) >= 11 is 0. The molecule has 0 aromatic carbocycles. The van der Waals surface area contributed by atoms with Gasteiger partial charge in [-0.25, -0.2) is 4.79 Å². The SMILES string of the molecule is CC1=CC(C2OC3CCCN4C(C5CC(C)C(=O)O5)CCCC4C3C2C)OC1=O. The van der Waals surface area contributed by atoms with Gasteiger partial charge in [0.1, 0.15) is 18.3 Å². The van der Waals surface area contributed by atoms with Crippen molar-refractivity contribution in [3.63, 3.8) is 0 Å². The zero-order valence-corrected chi connectivity index (χ0v) is 17.7. The van der Waals surface area contributed by atoms with E-state index in [1.165, 1.54) is 12.8 Å². The lowest BCUT2D eigenvalue weighted by Gasteiger charge is -2.46. The number of piperidine rings is 1. The van der Waals surface area contributed by atoms with Gasteiger partial charge < -0.3 is 14.2 Å². The minimum Gasteiger partial charge on any atom is -0.460 e. The van der Waals surface area contributed by atoms with Crippen LogP contribution in [0.2, 0.25) is 0 Å². The molecule has 4 fully saturated rings. The lowest BCUT2D eigenvalue weighted by atomic mass is 9.76. The van der Waals surface area contributed by atoms with Gasteiger partial charge in [0.2, 0.25) is 0 Å². The Labute approximate surface area is 172 Å². The van der Waals surface area contributed by atoms with Gasteiger partial charge in [-0.1, -0.05) is 20.3 Å². The van der Waals surface area contributed by atoms with Gasteiger partial charge >= 0.3 is 11.9 Å². The van der Waals surface area contributed by atoms with Crippen molar-refractivity contribution in [2.75, 3.05) is 6.54 Å². The smallest absolute Gasteiger partial charge is 0.334 e. The molecule has 0 N–H and O–H groups in total. The molecule has 0 bridgehead atoms. The molecule has 0 radical (unpaired) electrons. The Morgan fingerprint density at radius 3 is 2.48 bits per heavy atom. The van der Waals surface area contributed by atoms with E-state index in [9.17, 15) is 9.59 Å². The molecule has 0 saturated carbocycles. The zero-order valence-electron chi connectivity index (χ0n) is 17.7. The molecule has 0 aromatic rings. The molecule has 5 rings (SSSR count). The van der Waals surface area contributed by atoms with Gasteiger partial charge in [-0.2, -0.15) is 0 Å². The summed E-state index contributed by atoms with van der Waals surface area (Å²) in [5, 5.41) is 0. The Morgan fingerprint density at radius 1 is 1.00 bits per heavy atom. The molecule has 6 nitrogen and oxygen atoms in total. The maximum atomic E-state index is 12.0. The number of cyclic esters (lactones) is 2. The summed E-state index contributed by atoms with van der Waals surface area (Å²) in [6.45, 7) is 7.13. The fourth-order valence-corrected chi connectivity index (χ4v) is 6.66. The van der Waals surface area contributed by atoms with Gasteiger partial charge in [0.15, 0.2) is 0 Å². The number of esters is 2. The second-order valence-corrected chi connectivity index (χ2v) is 9.85. The average Bonchev–Trinajstić information content (AvgIpc) is 3.26. The predicted octanol–water partition coefficient (Wildman–Crippen LogP) is 2.85. The van der Waals surface area contributed by atoms with Crippen molar-refractivity contribution in [2.45, 2.75) is 95.8 Å². The lowest BCUT2D eigenvalue weighted by molar-refractivity contribution is -0.148. The van der Waals surface area contributed by atoms with Crippen LogP contribution in [0.25, 0.3) is 0 Å². The summed E-state index contributed by atoms with van der Waals surface area (Å²) in [6, 6.07) is 0.789. The molecule has 9 unspecified atom stereocenters. The number of fused-ring (bicyclic) bond motifs is 3. The molecule has 5 aliphatic rings. The fourth-order valence-electron chi connectivity index (χ4n) is 6.66. The minimum atomic E-state index is -0.256. The molecule has 160 valence electrons. The van der Waals surface area contributed by atoms with Crippen LogP contribution in [0.4, 0.5) is 0 Å². The highest BCUT2D eigenvalue weighted by Crippen LogP contribution is 2.47. The third-order valence-corrected chi connectivity index (χ3v) is 8.08. The van der Waals surface area contributed by atoms with Crippen molar-refractivity contribution < 1.29 is 23.8 Å². The summed E-state index contributed by atoms with van der Waals surface area (Å²) in [7, 11) is 0. The average molecular weight is 404 g/mol. The van der Waals surface area contributed by atoms with Gasteiger partial charge in [-0.05, 0) is 57.6 Å². The van der Waals surface area contributed by atoms with Crippen LogP contribution in [0, 0.1) is 17.8 Å². The highest BCUT2D eigenvalue weighted by atomic mass is 16.6. The summed E-state index contributed by atoms with van der Waals surface area (Å²) < 4.78 is 17.9. The van der Waals surface area contributed by atoms with Gasteiger partial charge in [0, 0.05) is 23.6 Å². The number of nitrogens with zero attached hydrogens (tertiary/aromatic N) is 1. The molecule has 0 spiro atoms. The summed E-state index contributed by atoms with van der Waals surface area (Å²) in [4.78, 5) is 26.6. The molecular formula is C23H33NO5. The summed E-state index contributed by atoms with van der Waals surface area (Å²) in [6.07, 6.45) is 8.34. The van der Waals surface area contributed by atoms with Gasteiger partial charge in [0.25, 0.3) is 0 Å². The van der Waals surface area contributed by atoms with Crippen LogP contribution >= 0.6 is 0 Å². The van der Waals surface area contributed by atoms with Crippen molar-refractivity contribution in [1.82, 2.24) is 4.90 Å². The maximum absolute atomic E-state index is 12.0. The number of carbonyl (C=O) groups is 2. The second-order valence-electron chi connectivity index (χ2n) is 9.85. The highest BCUT2D eigenvalue weighted by Gasteiger charge is 2.54. The molecule has 29 heavy (non-hydrogen) atoms. The normalized spacial score (nSPS) is 47.8. The topological polar surface area (TPSA) is 65.1 Å². The number of rotatable bonds is 2. The number of hydrogen-bond donors (Lipinski definition) is 0. The lowest BCUT2D eigenvalue weighted by Crippen LogP contribution is -2.55. The number of hydrogen-bond acceptors (Lipinski definition) is 6. The highest BCUT2D eigenvalue weighted by molar-refractivity contribution is 5.90. The van der Waals surface area contributed by atoms with E-state index in [4.69, 9.17) is 14.2 Å². The van der Waals surface area contributed by atoms with Crippen molar-refractivity contribution in [2.24, 2.45) is 17.8 Å². The van der Waals surface area contributed by atoms with Crippen molar-refractivity contribution in [3.8, 4) is 0 Å². The minimum absolute atomic E-state index is 0.0188.